The standard InChI is InChI=1S/C14H22N2O4/c1-11-10-12(16-20-11)15-13(17)8-6-4-3-5-7-9-14(18)19-2/h10H,3-9H2,1-2H3,(H,15,16,17). The zero-order valence-electron chi connectivity index (χ0n) is 12.1. The summed E-state index contributed by atoms with van der Waals surface area (Å²) in [6.07, 6.45) is 5.61. The van der Waals surface area contributed by atoms with E-state index in [1.807, 2.05) is 0 Å². The Labute approximate surface area is 118 Å². The zero-order chi connectivity index (χ0) is 14.8. The summed E-state index contributed by atoms with van der Waals surface area (Å²) in [7, 11) is 1.40. The van der Waals surface area contributed by atoms with E-state index >= 15 is 0 Å². The number of unbranched alkanes of at least 4 members (excludes halogenated alkanes) is 4. The first-order chi connectivity index (χ1) is 9.61. The van der Waals surface area contributed by atoms with Crippen LogP contribution in [0.25, 0.3) is 0 Å². The molecule has 0 unspecified atom stereocenters. The van der Waals surface area contributed by atoms with Gasteiger partial charge in [0.15, 0.2) is 5.82 Å². The Morgan fingerprint density at radius 3 is 2.45 bits per heavy atom. The average molecular weight is 282 g/mol. The van der Waals surface area contributed by atoms with Crippen LogP contribution < -0.4 is 5.32 Å². The fraction of sp³-hybridized carbons (Fsp3) is 0.643. The van der Waals surface area contributed by atoms with Gasteiger partial charge in [-0.1, -0.05) is 24.4 Å². The number of carbonyl (C=O) groups is 2. The molecule has 0 aliphatic carbocycles. The van der Waals surface area contributed by atoms with Gasteiger partial charge in [0, 0.05) is 18.9 Å². The molecular weight excluding hydrogens is 260 g/mol. The van der Waals surface area contributed by atoms with Crippen LogP contribution in [0, 0.1) is 6.92 Å². The van der Waals surface area contributed by atoms with Gasteiger partial charge in [-0.25, -0.2) is 0 Å². The quantitative estimate of drug-likeness (QED) is 0.556. The summed E-state index contributed by atoms with van der Waals surface area (Å²) in [6, 6.07) is 1.69. The summed E-state index contributed by atoms with van der Waals surface area (Å²) < 4.78 is 9.42. The molecule has 0 saturated heterocycles. The second-order valence-corrected chi connectivity index (χ2v) is 4.71. The van der Waals surface area contributed by atoms with E-state index in [2.05, 4.69) is 15.2 Å². The molecule has 0 saturated carbocycles. The van der Waals surface area contributed by atoms with Crippen LogP contribution in [0.2, 0.25) is 0 Å². The highest BCUT2D eigenvalue weighted by molar-refractivity contribution is 5.89. The first-order valence-corrected chi connectivity index (χ1v) is 6.92. The molecule has 1 N–H and O–H groups in total. The monoisotopic (exact) mass is 282 g/mol. The van der Waals surface area contributed by atoms with Crippen LogP contribution in [0.5, 0.6) is 0 Å². The SMILES string of the molecule is COC(=O)CCCCCCCC(=O)Nc1cc(C)on1. The van der Waals surface area contributed by atoms with Crippen LogP contribution in [-0.2, 0) is 14.3 Å². The highest BCUT2D eigenvalue weighted by Gasteiger charge is 2.05. The van der Waals surface area contributed by atoms with Crippen molar-refractivity contribution in [3.05, 3.63) is 11.8 Å². The van der Waals surface area contributed by atoms with Crippen LogP contribution in [0.4, 0.5) is 5.82 Å². The van der Waals surface area contributed by atoms with Crippen LogP contribution in [0.15, 0.2) is 10.6 Å². The van der Waals surface area contributed by atoms with Crippen LogP contribution in [0.3, 0.4) is 0 Å². The number of aryl methyl sites for hydroxylation is 1. The van der Waals surface area contributed by atoms with E-state index < -0.39 is 0 Å². The second kappa shape index (κ2) is 9.12. The minimum atomic E-state index is -0.160. The summed E-state index contributed by atoms with van der Waals surface area (Å²) >= 11 is 0. The van der Waals surface area contributed by atoms with E-state index in [1.54, 1.807) is 13.0 Å². The van der Waals surface area contributed by atoms with E-state index in [-0.39, 0.29) is 11.9 Å². The molecule has 0 aliphatic rings. The second-order valence-electron chi connectivity index (χ2n) is 4.71. The number of hydrogen-bond acceptors (Lipinski definition) is 5. The first-order valence-electron chi connectivity index (χ1n) is 6.92. The number of methoxy groups -OCH3 is 1. The summed E-state index contributed by atoms with van der Waals surface area (Å²) in [5.74, 6) is 0.927. The molecule has 1 rings (SSSR count). The number of nitrogens with zero attached hydrogens (tertiary/aromatic N) is 1. The minimum Gasteiger partial charge on any atom is -0.469 e. The first kappa shape index (κ1) is 16.2. The van der Waals surface area contributed by atoms with Crippen molar-refractivity contribution in [2.75, 3.05) is 12.4 Å². The molecule has 0 spiro atoms. The molecule has 1 amide bonds. The number of aromatic nitrogens is 1. The maximum Gasteiger partial charge on any atom is 0.305 e. The van der Waals surface area contributed by atoms with Gasteiger partial charge < -0.3 is 14.6 Å². The maximum atomic E-state index is 11.6. The van der Waals surface area contributed by atoms with Gasteiger partial charge in [-0.2, -0.15) is 0 Å². The lowest BCUT2D eigenvalue weighted by Gasteiger charge is -2.02. The Balaban J connectivity index is 1.98. The van der Waals surface area contributed by atoms with E-state index in [1.165, 1.54) is 7.11 Å². The Morgan fingerprint density at radius 2 is 1.85 bits per heavy atom. The van der Waals surface area contributed by atoms with Gasteiger partial charge in [-0.3, -0.25) is 9.59 Å². The lowest BCUT2D eigenvalue weighted by molar-refractivity contribution is -0.140. The largest absolute Gasteiger partial charge is 0.469 e. The molecule has 1 heterocycles. The van der Waals surface area contributed by atoms with Crippen molar-refractivity contribution in [3.8, 4) is 0 Å². The van der Waals surface area contributed by atoms with Crippen molar-refractivity contribution in [3.63, 3.8) is 0 Å². The molecule has 0 aromatic carbocycles. The lowest BCUT2D eigenvalue weighted by Crippen LogP contribution is -2.11. The third-order valence-electron chi connectivity index (χ3n) is 2.91. The number of anilines is 1. The fourth-order valence-electron chi connectivity index (χ4n) is 1.82. The number of hydrogen-bond donors (Lipinski definition) is 1. The predicted molar refractivity (Wildman–Crippen MR) is 74.2 cm³/mol. The van der Waals surface area contributed by atoms with Crippen LogP contribution >= 0.6 is 0 Å². The Kier molecular flexibility index (Phi) is 7.39. The van der Waals surface area contributed by atoms with Gasteiger partial charge in [-0.15, -0.1) is 0 Å². The Bertz CT molecular complexity index is 429. The van der Waals surface area contributed by atoms with Crippen LogP contribution in [0.1, 0.15) is 50.7 Å². The number of rotatable bonds is 9. The third kappa shape index (κ3) is 6.92. The molecule has 0 bridgehead atoms. The van der Waals surface area contributed by atoms with Crippen molar-refractivity contribution in [2.24, 2.45) is 0 Å². The van der Waals surface area contributed by atoms with Crippen molar-refractivity contribution >= 4 is 17.7 Å². The highest BCUT2D eigenvalue weighted by Crippen LogP contribution is 2.10. The van der Waals surface area contributed by atoms with E-state index in [9.17, 15) is 9.59 Å². The number of ether oxygens (including phenoxy) is 1. The molecule has 1 aromatic rings. The zero-order valence-corrected chi connectivity index (χ0v) is 12.1. The highest BCUT2D eigenvalue weighted by atomic mass is 16.5. The molecule has 112 valence electrons. The summed E-state index contributed by atoms with van der Waals surface area (Å²) in [6.45, 7) is 1.77. The van der Waals surface area contributed by atoms with Gasteiger partial charge in [0.25, 0.3) is 0 Å². The third-order valence-corrected chi connectivity index (χ3v) is 2.91. The molecule has 0 aliphatic heterocycles. The summed E-state index contributed by atoms with van der Waals surface area (Å²) in [5.41, 5.74) is 0. The minimum absolute atomic E-state index is 0.0483. The molecule has 20 heavy (non-hydrogen) atoms. The van der Waals surface area contributed by atoms with Gasteiger partial charge in [0.05, 0.1) is 7.11 Å². The van der Waals surface area contributed by atoms with Gasteiger partial charge in [0.2, 0.25) is 5.91 Å². The molecule has 0 radical (unpaired) electrons. The predicted octanol–water partition coefficient (Wildman–Crippen LogP) is 2.83. The van der Waals surface area contributed by atoms with E-state index in [0.29, 0.717) is 24.4 Å². The fourth-order valence-corrected chi connectivity index (χ4v) is 1.82. The number of amides is 1. The molecule has 0 fully saturated rings. The smallest absolute Gasteiger partial charge is 0.305 e. The molecule has 6 heteroatoms. The lowest BCUT2D eigenvalue weighted by atomic mass is 10.1. The van der Waals surface area contributed by atoms with Crippen molar-refractivity contribution in [1.29, 1.82) is 0 Å². The van der Waals surface area contributed by atoms with Gasteiger partial charge in [0.1, 0.15) is 5.76 Å². The number of nitrogens with one attached hydrogen (secondary N) is 1. The van der Waals surface area contributed by atoms with Gasteiger partial charge in [-0.05, 0) is 19.8 Å². The van der Waals surface area contributed by atoms with Crippen LogP contribution in [-0.4, -0.2) is 24.1 Å². The maximum absolute atomic E-state index is 11.6. The average Bonchev–Trinajstić information content (AvgIpc) is 2.82. The molecular formula is C14H22N2O4. The molecule has 1 aromatic heterocycles. The normalized spacial score (nSPS) is 10.3. The summed E-state index contributed by atoms with van der Waals surface area (Å²) in [4.78, 5) is 22.5. The number of esters is 1. The number of carbonyl (C=O) groups excluding carboxylic acids is 2. The Hall–Kier alpha value is -1.85. The van der Waals surface area contributed by atoms with Crippen molar-refractivity contribution in [1.82, 2.24) is 5.16 Å². The molecule has 6 nitrogen and oxygen atoms in total. The van der Waals surface area contributed by atoms with Crippen molar-refractivity contribution < 1.29 is 18.8 Å². The van der Waals surface area contributed by atoms with Gasteiger partial charge >= 0.3 is 5.97 Å². The van der Waals surface area contributed by atoms with E-state index in [4.69, 9.17) is 4.52 Å². The van der Waals surface area contributed by atoms with E-state index in [0.717, 1.165) is 32.1 Å². The Morgan fingerprint density at radius 1 is 1.20 bits per heavy atom. The topological polar surface area (TPSA) is 81.4 Å². The molecule has 0 atom stereocenters. The van der Waals surface area contributed by atoms with Crippen molar-refractivity contribution in [2.45, 2.75) is 51.9 Å². The summed E-state index contributed by atoms with van der Waals surface area (Å²) in [5, 5.41) is 6.38.